The number of aliphatic carboxylic acids is 1. The van der Waals surface area contributed by atoms with E-state index >= 15 is 0 Å². The molecule has 23 heteroatoms. The quantitative estimate of drug-likeness (QED) is 0.0615. The van der Waals surface area contributed by atoms with Gasteiger partial charge in [-0.2, -0.15) is 0 Å². The number of hydrogen-bond donors (Lipinski definition) is 3. The smallest absolute Gasteiger partial charge is 0.305 e. The Balaban J connectivity index is 0.000000241. The van der Waals surface area contributed by atoms with Gasteiger partial charge in [-0.3, -0.25) is 19.2 Å². The van der Waals surface area contributed by atoms with Crippen molar-refractivity contribution in [3.8, 4) is 22.9 Å². The fourth-order valence-corrected chi connectivity index (χ4v) is 8.72. The van der Waals surface area contributed by atoms with E-state index in [2.05, 4.69) is 9.97 Å². The maximum atomic E-state index is 14.0. The minimum absolute atomic E-state index is 0. The number of carbonyl (C=O) groups excluding carboxylic acids is 1. The molecule has 6 N–H and O–H groups in total. The number of imidazole rings is 2. The molecule has 0 saturated carbocycles. The van der Waals surface area contributed by atoms with Crippen LogP contribution in [-0.4, -0.2) is 59.4 Å². The second-order valence-corrected chi connectivity index (χ2v) is 17.8. The molecule has 0 aliphatic heterocycles. The minimum Gasteiger partial charge on any atom is -0.495 e. The molecule has 392 valence electrons. The SMILES string of the molecule is COc1cc(Cc2cc(Cl)cn(C(CC(=O)O)c3cc(F)c(F)c(F)c3)c2=O)ccc1-n1cnc(C)c1.COc1cc(Cc2cc(Cl)cn(C(CC(N)=O)c3cc(F)c(F)c(F)c3)c2=O)ccc1-n1cnc(C)c1.N. The lowest BCUT2D eigenvalue weighted by Gasteiger charge is -2.21. The van der Waals surface area contributed by atoms with Crippen LogP contribution in [0.2, 0.25) is 10.0 Å². The standard InChI is InChI=1S/C26H22ClF3N4O3.C26H21ClF3N3O4.H3N/c1-14-11-33(13-32-14)21-4-3-15(6-23(21)37-2)5-17-7-18(27)12-34(26(17)36)22(10-24(31)35)16-8-19(28)25(30)20(29)9-16;1-14-11-32(13-31-14)21-4-3-15(6-23(21)37-2)5-17-7-18(27)12-33(26(17)36)22(10-24(34)35)16-8-19(28)25(30)20(29)9-16;/h3-4,6-9,11-13,22H,5,10H2,1-2H3,(H2,31,35);3-4,6-9,11-13,22H,5,10H2,1-2H3,(H,34,35);1H3. The molecule has 4 aromatic carbocycles. The van der Waals surface area contributed by atoms with Gasteiger partial charge in [0.25, 0.3) is 11.1 Å². The predicted octanol–water partition coefficient (Wildman–Crippen LogP) is 9.72. The number of primary amides is 1. The van der Waals surface area contributed by atoms with Gasteiger partial charge in [0.05, 0.1) is 84.6 Å². The molecule has 8 rings (SSSR count). The van der Waals surface area contributed by atoms with E-state index in [-0.39, 0.29) is 51.3 Å². The third kappa shape index (κ3) is 13.0. The number of halogens is 8. The molecule has 0 radical (unpaired) electrons. The molecule has 0 spiro atoms. The molecule has 0 aliphatic carbocycles. The van der Waals surface area contributed by atoms with Crippen molar-refractivity contribution in [2.75, 3.05) is 14.2 Å². The van der Waals surface area contributed by atoms with Crippen molar-refractivity contribution in [3.05, 3.63) is 221 Å². The first-order valence-electron chi connectivity index (χ1n) is 22.1. The summed E-state index contributed by atoms with van der Waals surface area (Å²) in [6.07, 6.45) is 8.46. The Morgan fingerprint density at radius 3 is 1.31 bits per heavy atom. The van der Waals surface area contributed by atoms with Crippen molar-refractivity contribution in [1.29, 1.82) is 0 Å². The summed E-state index contributed by atoms with van der Waals surface area (Å²) >= 11 is 12.6. The molecule has 2 unspecified atom stereocenters. The van der Waals surface area contributed by atoms with Gasteiger partial charge >= 0.3 is 5.97 Å². The highest BCUT2D eigenvalue weighted by Crippen LogP contribution is 2.31. The first-order chi connectivity index (χ1) is 35.1. The van der Waals surface area contributed by atoms with E-state index in [1.54, 1.807) is 46.1 Å². The van der Waals surface area contributed by atoms with E-state index in [0.29, 0.717) is 34.8 Å². The summed E-state index contributed by atoms with van der Waals surface area (Å²) in [6.45, 7) is 3.72. The van der Waals surface area contributed by atoms with Gasteiger partial charge in [-0.05, 0) is 96.8 Å². The number of methoxy groups -OCH3 is 2. The van der Waals surface area contributed by atoms with Crippen LogP contribution in [0.15, 0.2) is 120 Å². The second-order valence-electron chi connectivity index (χ2n) is 16.9. The van der Waals surface area contributed by atoms with E-state index in [4.69, 9.17) is 38.4 Å². The summed E-state index contributed by atoms with van der Waals surface area (Å²) in [7, 11) is 3.03. The van der Waals surface area contributed by atoms with Crippen LogP contribution >= 0.6 is 23.2 Å². The van der Waals surface area contributed by atoms with E-state index in [9.17, 15) is 50.6 Å². The number of benzene rings is 4. The van der Waals surface area contributed by atoms with Crippen molar-refractivity contribution in [1.82, 2.24) is 34.4 Å². The summed E-state index contributed by atoms with van der Waals surface area (Å²) in [5.74, 6) is -10.4. The van der Waals surface area contributed by atoms with E-state index in [1.807, 2.05) is 38.4 Å². The summed E-state index contributed by atoms with van der Waals surface area (Å²) in [5.41, 5.74) is 8.80. The van der Waals surface area contributed by atoms with Crippen LogP contribution in [-0.2, 0) is 22.4 Å². The van der Waals surface area contributed by atoms with Crippen LogP contribution < -0.4 is 32.5 Å². The maximum absolute atomic E-state index is 14.0. The van der Waals surface area contributed by atoms with Gasteiger partial charge in [0.1, 0.15) is 11.5 Å². The molecule has 75 heavy (non-hydrogen) atoms. The number of pyridine rings is 2. The van der Waals surface area contributed by atoms with Gasteiger partial charge in [0.2, 0.25) is 5.91 Å². The number of carbonyl (C=O) groups is 2. The topological polar surface area (TPSA) is 213 Å². The van der Waals surface area contributed by atoms with Gasteiger partial charge in [0, 0.05) is 48.8 Å². The lowest BCUT2D eigenvalue weighted by Crippen LogP contribution is -2.31. The molecule has 4 aromatic heterocycles. The first-order valence-corrected chi connectivity index (χ1v) is 22.9. The monoisotopic (exact) mass is 1080 g/mol. The van der Waals surface area contributed by atoms with Gasteiger partial charge in [0.15, 0.2) is 34.9 Å². The zero-order valence-electron chi connectivity index (χ0n) is 40.3. The Bertz CT molecular complexity index is 3290. The van der Waals surface area contributed by atoms with Crippen LogP contribution in [0.25, 0.3) is 11.4 Å². The fraction of sp³-hybridized carbons (Fsp3) is 0.192. The van der Waals surface area contributed by atoms with Crippen molar-refractivity contribution < 1.29 is 50.5 Å². The number of nitrogens with two attached hydrogens (primary N) is 1. The highest BCUT2D eigenvalue weighted by atomic mass is 35.5. The molecule has 0 aliphatic rings. The van der Waals surface area contributed by atoms with Crippen LogP contribution in [0.5, 0.6) is 11.5 Å². The highest BCUT2D eigenvalue weighted by Gasteiger charge is 2.26. The molecular formula is C52H46Cl2F6N8O7. The Labute approximate surface area is 433 Å². The molecule has 0 saturated heterocycles. The lowest BCUT2D eigenvalue weighted by atomic mass is 10.0. The minimum atomic E-state index is -1.69. The summed E-state index contributed by atoms with van der Waals surface area (Å²) in [5, 5.41) is 9.66. The third-order valence-electron chi connectivity index (χ3n) is 11.6. The molecule has 8 aromatic rings. The number of hydrogen-bond acceptors (Lipinski definition) is 9. The van der Waals surface area contributed by atoms with Crippen molar-refractivity contribution in [2.45, 2.75) is 51.6 Å². The molecule has 0 bridgehead atoms. The van der Waals surface area contributed by atoms with Gasteiger partial charge in [-0.1, -0.05) is 35.3 Å². The molecule has 4 heterocycles. The predicted molar refractivity (Wildman–Crippen MR) is 267 cm³/mol. The summed E-state index contributed by atoms with van der Waals surface area (Å²) in [6, 6.07) is 13.9. The number of ether oxygens (including phenoxy) is 2. The summed E-state index contributed by atoms with van der Waals surface area (Å²) in [4.78, 5) is 58.6. The highest BCUT2D eigenvalue weighted by molar-refractivity contribution is 6.30. The zero-order valence-corrected chi connectivity index (χ0v) is 41.8. The van der Waals surface area contributed by atoms with Crippen LogP contribution in [0.1, 0.15) is 69.7 Å². The van der Waals surface area contributed by atoms with E-state index in [1.165, 1.54) is 38.7 Å². The van der Waals surface area contributed by atoms with Crippen LogP contribution in [0.4, 0.5) is 26.3 Å². The third-order valence-corrected chi connectivity index (χ3v) is 12.1. The fourth-order valence-electron chi connectivity index (χ4n) is 8.24. The average Bonchev–Trinajstić information content (AvgIpc) is 4.00. The number of aryl methyl sites for hydroxylation is 2. The van der Waals surface area contributed by atoms with Gasteiger partial charge < -0.3 is 44.7 Å². The normalized spacial score (nSPS) is 11.8. The Morgan fingerprint density at radius 1 is 0.613 bits per heavy atom. The van der Waals surface area contributed by atoms with Crippen molar-refractivity contribution in [3.63, 3.8) is 0 Å². The average molecular weight is 1080 g/mol. The number of carboxylic acid groups (broad SMARTS) is 1. The Hall–Kier alpha value is -8.14. The zero-order chi connectivity index (χ0) is 53.7. The Kier molecular flexibility index (Phi) is 17.8. The number of rotatable bonds is 16. The van der Waals surface area contributed by atoms with E-state index in [0.717, 1.165) is 44.0 Å². The maximum Gasteiger partial charge on any atom is 0.305 e. The number of nitrogens with zero attached hydrogens (tertiary/aromatic N) is 6. The van der Waals surface area contributed by atoms with E-state index < -0.39 is 82.8 Å². The number of aromatic nitrogens is 6. The number of amides is 1. The van der Waals surface area contributed by atoms with Crippen molar-refractivity contribution in [2.24, 2.45) is 5.73 Å². The number of carboxylic acids is 1. The molecular weight excluding hydrogens is 1030 g/mol. The van der Waals surface area contributed by atoms with Gasteiger partial charge in [-0.15, -0.1) is 0 Å². The lowest BCUT2D eigenvalue weighted by molar-refractivity contribution is -0.137. The summed E-state index contributed by atoms with van der Waals surface area (Å²) < 4.78 is 99.6. The molecule has 0 fully saturated rings. The van der Waals surface area contributed by atoms with Crippen LogP contribution in [0, 0.1) is 48.8 Å². The first kappa shape index (κ1) is 56.2. The molecule has 15 nitrogen and oxygen atoms in total. The van der Waals surface area contributed by atoms with Gasteiger partial charge in [-0.25, -0.2) is 36.3 Å². The Morgan fingerprint density at radius 2 is 0.987 bits per heavy atom. The molecule has 2 atom stereocenters. The van der Waals surface area contributed by atoms with Crippen LogP contribution in [0.3, 0.4) is 0 Å². The van der Waals surface area contributed by atoms with Crippen molar-refractivity contribution >= 4 is 35.1 Å². The largest absolute Gasteiger partial charge is 0.495 e. The second kappa shape index (κ2) is 23.8. The molecule has 1 amide bonds.